The summed E-state index contributed by atoms with van der Waals surface area (Å²) in [7, 11) is 2.13. The predicted octanol–water partition coefficient (Wildman–Crippen LogP) is 2.21. The van der Waals surface area contributed by atoms with E-state index in [2.05, 4.69) is 28.2 Å². The van der Waals surface area contributed by atoms with Gasteiger partial charge in [-0.05, 0) is 36.2 Å². The first-order valence-electron chi connectivity index (χ1n) is 7.78. The molecule has 2 heterocycles. The maximum atomic E-state index is 12.4. The Labute approximate surface area is 140 Å². The van der Waals surface area contributed by atoms with Gasteiger partial charge in [-0.2, -0.15) is 0 Å². The topological polar surface area (TPSA) is 61.6 Å². The number of carbonyl (C=O) groups is 1. The normalized spacial score (nSPS) is 15.7. The third-order valence-electron chi connectivity index (χ3n) is 4.13. The number of carbonyl (C=O) groups excluding carboxylic acids is 1. The first-order chi connectivity index (χ1) is 11.2. The van der Waals surface area contributed by atoms with Crippen molar-refractivity contribution < 1.29 is 4.79 Å². The van der Waals surface area contributed by atoms with E-state index in [9.17, 15) is 4.79 Å². The number of thiophene rings is 1. The molecule has 0 atom stereocenters. The zero-order chi connectivity index (χ0) is 16.2. The van der Waals surface area contributed by atoms with Crippen LogP contribution >= 0.6 is 11.3 Å². The molecule has 5 nitrogen and oxygen atoms in total. The van der Waals surface area contributed by atoms with Crippen molar-refractivity contribution in [3.8, 4) is 0 Å². The molecule has 3 N–H and O–H groups in total. The molecule has 0 unspecified atom stereocenters. The summed E-state index contributed by atoms with van der Waals surface area (Å²) in [5.74, 6) is -0.0652. The number of rotatable bonds is 4. The van der Waals surface area contributed by atoms with Crippen LogP contribution in [0.5, 0.6) is 0 Å². The average Bonchev–Trinajstić information content (AvgIpc) is 3.10. The third-order valence-corrected chi connectivity index (χ3v) is 5.00. The van der Waals surface area contributed by atoms with Crippen LogP contribution in [0.25, 0.3) is 0 Å². The molecule has 6 heteroatoms. The van der Waals surface area contributed by atoms with Gasteiger partial charge in [0.15, 0.2) is 0 Å². The lowest BCUT2D eigenvalue weighted by Crippen LogP contribution is -2.44. The van der Waals surface area contributed by atoms with Crippen molar-refractivity contribution in [1.82, 2.24) is 4.90 Å². The second-order valence-electron chi connectivity index (χ2n) is 5.78. The predicted molar refractivity (Wildman–Crippen MR) is 96.3 cm³/mol. The molecule has 1 aromatic carbocycles. The summed E-state index contributed by atoms with van der Waals surface area (Å²) in [6, 6.07) is 9.81. The fourth-order valence-electron chi connectivity index (χ4n) is 2.73. The highest BCUT2D eigenvalue weighted by atomic mass is 32.1. The summed E-state index contributed by atoms with van der Waals surface area (Å²) in [5.41, 5.74) is 8.69. The summed E-state index contributed by atoms with van der Waals surface area (Å²) < 4.78 is 0. The van der Waals surface area contributed by atoms with Crippen LogP contribution < -0.4 is 16.0 Å². The minimum Gasteiger partial charge on any atom is -0.367 e. The highest BCUT2D eigenvalue weighted by Gasteiger charge is 2.19. The summed E-state index contributed by atoms with van der Waals surface area (Å²) >= 11 is 1.44. The number of nitrogens with two attached hydrogens (primary N) is 1. The number of piperazine rings is 1. The molecule has 0 spiro atoms. The lowest BCUT2D eigenvalue weighted by atomic mass is 10.1. The molecule has 3 rings (SSSR count). The summed E-state index contributed by atoms with van der Waals surface area (Å²) in [4.78, 5) is 17.8. The van der Waals surface area contributed by atoms with E-state index < -0.39 is 0 Å². The molecule has 23 heavy (non-hydrogen) atoms. The smallest absolute Gasteiger partial charge is 0.265 e. The molecule has 1 fully saturated rings. The Hall–Kier alpha value is -1.89. The number of likely N-dealkylation sites (N-methyl/N-ethyl adjacent to an activating group) is 1. The van der Waals surface area contributed by atoms with Crippen molar-refractivity contribution in [3.63, 3.8) is 0 Å². The van der Waals surface area contributed by atoms with Gasteiger partial charge in [0.05, 0.1) is 16.3 Å². The van der Waals surface area contributed by atoms with E-state index in [0.717, 1.165) is 43.1 Å². The number of hydrogen-bond acceptors (Lipinski definition) is 5. The van der Waals surface area contributed by atoms with Crippen LogP contribution in [0.3, 0.4) is 0 Å². The maximum absolute atomic E-state index is 12.4. The van der Waals surface area contributed by atoms with Gasteiger partial charge >= 0.3 is 0 Å². The van der Waals surface area contributed by atoms with Gasteiger partial charge in [0.25, 0.3) is 5.91 Å². The maximum Gasteiger partial charge on any atom is 0.265 e. The number of anilines is 2. The van der Waals surface area contributed by atoms with Crippen molar-refractivity contribution in [3.05, 3.63) is 46.2 Å². The van der Waals surface area contributed by atoms with Gasteiger partial charge in [0, 0.05) is 32.7 Å². The Kier molecular flexibility index (Phi) is 4.95. The molecule has 0 bridgehead atoms. The summed E-state index contributed by atoms with van der Waals surface area (Å²) in [6.07, 6.45) is 0. The first kappa shape index (κ1) is 16.0. The van der Waals surface area contributed by atoms with E-state index in [-0.39, 0.29) is 5.91 Å². The molecule has 122 valence electrons. The Bertz CT molecular complexity index is 663. The number of nitrogens with zero attached hydrogens (tertiary/aromatic N) is 2. The van der Waals surface area contributed by atoms with Gasteiger partial charge in [-0.25, -0.2) is 0 Å². The lowest BCUT2D eigenvalue weighted by molar-refractivity contribution is 0.103. The van der Waals surface area contributed by atoms with E-state index in [0.29, 0.717) is 11.4 Å². The van der Waals surface area contributed by atoms with Gasteiger partial charge < -0.3 is 20.9 Å². The van der Waals surface area contributed by atoms with E-state index in [4.69, 9.17) is 5.73 Å². The SMILES string of the molecule is CN1CCN(c2ccc(CN)cc2NC(=O)c2cccs2)CC1. The Morgan fingerprint density at radius 3 is 2.70 bits per heavy atom. The minimum atomic E-state index is -0.0652. The van der Waals surface area contributed by atoms with Crippen LogP contribution in [0.2, 0.25) is 0 Å². The number of amides is 1. The zero-order valence-corrected chi connectivity index (χ0v) is 14.1. The molecule has 2 aromatic rings. The standard InChI is InChI=1S/C17H22N4OS/c1-20-6-8-21(9-7-20)15-5-4-13(12-18)11-14(15)19-17(22)16-3-2-10-23-16/h2-5,10-11H,6-9,12,18H2,1H3,(H,19,22). The van der Waals surface area contributed by atoms with Crippen molar-refractivity contribution in [2.45, 2.75) is 6.54 Å². The Balaban J connectivity index is 1.85. The van der Waals surface area contributed by atoms with Crippen LogP contribution in [0, 0.1) is 0 Å². The summed E-state index contributed by atoms with van der Waals surface area (Å²) in [6.45, 7) is 4.43. The van der Waals surface area contributed by atoms with Crippen LogP contribution in [0.4, 0.5) is 11.4 Å². The molecule has 0 radical (unpaired) electrons. The molecule has 1 amide bonds. The van der Waals surface area contributed by atoms with Gasteiger partial charge in [-0.1, -0.05) is 12.1 Å². The molecular weight excluding hydrogens is 308 g/mol. The molecule has 0 aliphatic carbocycles. The van der Waals surface area contributed by atoms with Crippen molar-refractivity contribution in [2.75, 3.05) is 43.4 Å². The fraction of sp³-hybridized carbons (Fsp3) is 0.353. The lowest BCUT2D eigenvalue weighted by Gasteiger charge is -2.35. The van der Waals surface area contributed by atoms with E-state index in [1.54, 1.807) is 0 Å². The van der Waals surface area contributed by atoms with Crippen LogP contribution in [0.15, 0.2) is 35.7 Å². The van der Waals surface area contributed by atoms with E-state index in [1.165, 1.54) is 11.3 Å². The van der Waals surface area contributed by atoms with Gasteiger partial charge in [0.1, 0.15) is 0 Å². The summed E-state index contributed by atoms with van der Waals surface area (Å²) in [5, 5.41) is 4.97. The fourth-order valence-corrected chi connectivity index (χ4v) is 3.34. The first-order valence-corrected chi connectivity index (χ1v) is 8.66. The molecule has 1 aliphatic heterocycles. The highest BCUT2D eigenvalue weighted by Crippen LogP contribution is 2.29. The van der Waals surface area contributed by atoms with Crippen molar-refractivity contribution in [1.29, 1.82) is 0 Å². The second kappa shape index (κ2) is 7.12. The number of nitrogens with one attached hydrogen (secondary N) is 1. The Morgan fingerprint density at radius 2 is 2.04 bits per heavy atom. The van der Waals surface area contributed by atoms with Crippen molar-refractivity contribution >= 4 is 28.6 Å². The minimum absolute atomic E-state index is 0.0652. The monoisotopic (exact) mass is 330 g/mol. The van der Waals surface area contributed by atoms with Crippen LogP contribution in [-0.4, -0.2) is 44.0 Å². The molecular formula is C17H22N4OS. The zero-order valence-electron chi connectivity index (χ0n) is 13.3. The molecule has 1 aromatic heterocycles. The van der Waals surface area contributed by atoms with Gasteiger partial charge in [-0.15, -0.1) is 11.3 Å². The number of hydrogen-bond donors (Lipinski definition) is 2. The quantitative estimate of drug-likeness (QED) is 0.902. The Morgan fingerprint density at radius 1 is 1.26 bits per heavy atom. The van der Waals surface area contributed by atoms with E-state index >= 15 is 0 Å². The van der Waals surface area contributed by atoms with Crippen molar-refractivity contribution in [2.24, 2.45) is 5.73 Å². The largest absolute Gasteiger partial charge is 0.367 e. The van der Waals surface area contributed by atoms with Gasteiger partial charge in [-0.3, -0.25) is 4.79 Å². The molecule has 0 saturated carbocycles. The highest BCUT2D eigenvalue weighted by molar-refractivity contribution is 7.12. The molecule has 1 saturated heterocycles. The average molecular weight is 330 g/mol. The number of benzene rings is 1. The van der Waals surface area contributed by atoms with Crippen LogP contribution in [0.1, 0.15) is 15.2 Å². The second-order valence-corrected chi connectivity index (χ2v) is 6.73. The van der Waals surface area contributed by atoms with E-state index in [1.807, 2.05) is 29.6 Å². The van der Waals surface area contributed by atoms with Gasteiger partial charge in [0.2, 0.25) is 0 Å². The van der Waals surface area contributed by atoms with Crippen LogP contribution in [-0.2, 0) is 6.54 Å². The third kappa shape index (κ3) is 3.72. The molecule has 1 aliphatic rings.